The molecule has 3 amide bonds. The second-order valence-electron chi connectivity index (χ2n) is 9.29. The van der Waals surface area contributed by atoms with Crippen LogP contribution < -0.4 is 0 Å². The van der Waals surface area contributed by atoms with E-state index in [1.165, 1.54) is 10.5 Å². The van der Waals surface area contributed by atoms with Crippen LogP contribution in [0.25, 0.3) is 0 Å². The molecule has 0 N–H and O–H groups in total. The van der Waals surface area contributed by atoms with Gasteiger partial charge in [-0.25, -0.2) is 4.79 Å². The first-order valence-corrected chi connectivity index (χ1v) is 12.1. The van der Waals surface area contributed by atoms with E-state index >= 15 is 0 Å². The normalized spacial score (nSPS) is 21.8. The van der Waals surface area contributed by atoms with Crippen molar-refractivity contribution in [3.63, 3.8) is 0 Å². The Labute approximate surface area is 195 Å². The third-order valence-electron chi connectivity index (χ3n) is 7.47. The van der Waals surface area contributed by atoms with Crippen molar-refractivity contribution in [1.82, 2.24) is 19.7 Å². The third kappa shape index (κ3) is 4.39. The van der Waals surface area contributed by atoms with Crippen LogP contribution in [0.4, 0.5) is 4.79 Å². The average molecular weight is 449 g/mol. The van der Waals surface area contributed by atoms with E-state index in [4.69, 9.17) is 4.74 Å². The standard InChI is InChI=1S/C26H32N4O3/c31-24-26(12-16-28(17-13-26)23-10-18-33-19-11-23)30(15-9-21-6-2-1-3-7-21)25(32)29(24)20-22-8-4-5-14-27-22/h1-8,14,23H,9-13,15-20H2. The molecule has 0 saturated carbocycles. The van der Waals surface area contributed by atoms with Crippen molar-refractivity contribution < 1.29 is 14.3 Å². The molecule has 2 aromatic rings. The molecule has 0 bridgehead atoms. The topological polar surface area (TPSA) is 66.0 Å². The maximum atomic E-state index is 13.8. The summed E-state index contributed by atoms with van der Waals surface area (Å²) in [7, 11) is 0. The van der Waals surface area contributed by atoms with Crippen molar-refractivity contribution >= 4 is 11.9 Å². The molecule has 0 atom stereocenters. The van der Waals surface area contributed by atoms with E-state index < -0.39 is 5.54 Å². The van der Waals surface area contributed by atoms with Gasteiger partial charge in [0.05, 0.1) is 12.2 Å². The SMILES string of the molecule is O=C1N(Cc2ccccn2)C(=O)C2(CCN(C3CCOCC3)CC2)N1CCc1ccccc1. The number of aromatic nitrogens is 1. The summed E-state index contributed by atoms with van der Waals surface area (Å²) in [6, 6.07) is 16.1. The van der Waals surface area contributed by atoms with Crippen molar-refractivity contribution in [3.8, 4) is 0 Å². The quantitative estimate of drug-likeness (QED) is 0.636. The zero-order chi connectivity index (χ0) is 22.7. The summed E-state index contributed by atoms with van der Waals surface area (Å²) in [5, 5.41) is 0. The molecule has 174 valence electrons. The zero-order valence-corrected chi connectivity index (χ0v) is 19.1. The number of hydrogen-bond acceptors (Lipinski definition) is 5. The lowest BCUT2D eigenvalue weighted by atomic mass is 9.84. The number of urea groups is 1. The van der Waals surface area contributed by atoms with Gasteiger partial charge < -0.3 is 14.5 Å². The zero-order valence-electron chi connectivity index (χ0n) is 19.1. The molecule has 3 fully saturated rings. The Hall–Kier alpha value is -2.77. The number of benzene rings is 1. The maximum absolute atomic E-state index is 13.8. The van der Waals surface area contributed by atoms with Gasteiger partial charge in [-0.2, -0.15) is 0 Å². The Morgan fingerprint density at radius 2 is 1.70 bits per heavy atom. The first-order chi connectivity index (χ1) is 16.2. The number of amides is 3. The molecule has 1 aromatic carbocycles. The molecular weight excluding hydrogens is 416 g/mol. The van der Waals surface area contributed by atoms with Gasteiger partial charge in [-0.05, 0) is 49.8 Å². The fraction of sp³-hybridized carbons (Fsp3) is 0.500. The van der Waals surface area contributed by atoms with Crippen LogP contribution in [-0.4, -0.2) is 76.1 Å². The Bertz CT molecular complexity index is 954. The maximum Gasteiger partial charge on any atom is 0.328 e. The number of hydrogen-bond donors (Lipinski definition) is 0. The molecule has 0 unspecified atom stereocenters. The summed E-state index contributed by atoms with van der Waals surface area (Å²) in [5.41, 5.74) is 1.16. The Morgan fingerprint density at radius 3 is 2.39 bits per heavy atom. The number of piperidine rings is 1. The van der Waals surface area contributed by atoms with Gasteiger partial charge in [0, 0.05) is 45.1 Å². The molecule has 3 saturated heterocycles. The van der Waals surface area contributed by atoms with Crippen LogP contribution in [0.5, 0.6) is 0 Å². The summed E-state index contributed by atoms with van der Waals surface area (Å²) < 4.78 is 5.53. The van der Waals surface area contributed by atoms with Gasteiger partial charge >= 0.3 is 6.03 Å². The van der Waals surface area contributed by atoms with Gasteiger partial charge in [0.15, 0.2) is 0 Å². The summed E-state index contributed by atoms with van der Waals surface area (Å²) in [4.78, 5) is 37.5. The van der Waals surface area contributed by atoms with Crippen LogP contribution in [0.1, 0.15) is 36.9 Å². The molecular formula is C26H32N4O3. The van der Waals surface area contributed by atoms with Crippen molar-refractivity contribution in [2.75, 3.05) is 32.8 Å². The molecule has 0 aliphatic carbocycles. The van der Waals surface area contributed by atoms with Crippen molar-refractivity contribution in [1.29, 1.82) is 0 Å². The molecule has 1 aromatic heterocycles. The number of pyridine rings is 1. The Kier molecular flexibility index (Phi) is 6.42. The lowest BCUT2D eigenvalue weighted by molar-refractivity contribution is -0.136. The second-order valence-corrected chi connectivity index (χ2v) is 9.29. The van der Waals surface area contributed by atoms with E-state index in [1.807, 2.05) is 41.3 Å². The number of imide groups is 1. The van der Waals surface area contributed by atoms with Gasteiger partial charge in [0.1, 0.15) is 5.54 Å². The molecule has 4 heterocycles. The van der Waals surface area contributed by atoms with Crippen molar-refractivity contribution in [2.45, 2.75) is 50.2 Å². The first-order valence-electron chi connectivity index (χ1n) is 12.1. The Balaban J connectivity index is 1.36. The number of rotatable bonds is 6. The largest absolute Gasteiger partial charge is 0.381 e. The van der Waals surface area contributed by atoms with Crippen LogP contribution in [-0.2, 0) is 22.5 Å². The van der Waals surface area contributed by atoms with E-state index in [1.54, 1.807) is 6.20 Å². The third-order valence-corrected chi connectivity index (χ3v) is 7.47. The molecule has 33 heavy (non-hydrogen) atoms. The molecule has 0 radical (unpaired) electrons. The van der Waals surface area contributed by atoms with Crippen molar-refractivity contribution in [2.24, 2.45) is 0 Å². The van der Waals surface area contributed by atoms with Crippen LogP contribution in [0.15, 0.2) is 54.7 Å². The molecule has 7 nitrogen and oxygen atoms in total. The van der Waals surface area contributed by atoms with Crippen LogP contribution in [0, 0.1) is 0 Å². The highest BCUT2D eigenvalue weighted by Crippen LogP contribution is 2.39. The molecule has 3 aliphatic heterocycles. The van der Waals surface area contributed by atoms with E-state index in [2.05, 4.69) is 22.0 Å². The minimum atomic E-state index is -0.748. The number of carbonyl (C=O) groups is 2. The highest BCUT2D eigenvalue weighted by atomic mass is 16.5. The summed E-state index contributed by atoms with van der Waals surface area (Å²) in [5.74, 6) is -0.0576. The molecule has 5 rings (SSSR count). The number of ether oxygens (including phenoxy) is 1. The highest BCUT2D eigenvalue weighted by Gasteiger charge is 2.58. The predicted octanol–water partition coefficient (Wildman–Crippen LogP) is 3.10. The highest BCUT2D eigenvalue weighted by molar-refractivity contribution is 6.07. The number of likely N-dealkylation sites (tertiary alicyclic amines) is 1. The minimum Gasteiger partial charge on any atom is -0.381 e. The molecule has 1 spiro atoms. The summed E-state index contributed by atoms with van der Waals surface area (Å²) >= 11 is 0. The number of nitrogens with zero attached hydrogens (tertiary/aromatic N) is 4. The Morgan fingerprint density at radius 1 is 0.970 bits per heavy atom. The van der Waals surface area contributed by atoms with Crippen molar-refractivity contribution in [3.05, 3.63) is 66.0 Å². The van der Waals surface area contributed by atoms with E-state index in [0.29, 0.717) is 25.4 Å². The molecule has 7 heteroatoms. The van der Waals surface area contributed by atoms with Crippen LogP contribution in [0.3, 0.4) is 0 Å². The molecule has 3 aliphatic rings. The second kappa shape index (κ2) is 9.61. The van der Waals surface area contributed by atoms with E-state index in [9.17, 15) is 9.59 Å². The van der Waals surface area contributed by atoms with Gasteiger partial charge in [-0.1, -0.05) is 36.4 Å². The van der Waals surface area contributed by atoms with Crippen LogP contribution >= 0.6 is 0 Å². The van der Waals surface area contributed by atoms with E-state index in [-0.39, 0.29) is 18.5 Å². The lowest BCUT2D eigenvalue weighted by Gasteiger charge is -2.45. The first kappa shape index (κ1) is 22.0. The summed E-state index contributed by atoms with van der Waals surface area (Å²) in [6.45, 7) is 4.07. The van der Waals surface area contributed by atoms with Gasteiger partial charge in [-0.3, -0.25) is 14.7 Å². The van der Waals surface area contributed by atoms with Gasteiger partial charge in [0.2, 0.25) is 0 Å². The monoisotopic (exact) mass is 448 g/mol. The van der Waals surface area contributed by atoms with Crippen LogP contribution in [0.2, 0.25) is 0 Å². The summed E-state index contributed by atoms with van der Waals surface area (Å²) in [6.07, 6.45) is 5.90. The number of carbonyl (C=O) groups excluding carboxylic acids is 2. The average Bonchev–Trinajstić information content (AvgIpc) is 3.06. The fourth-order valence-electron chi connectivity index (χ4n) is 5.56. The lowest BCUT2D eigenvalue weighted by Crippen LogP contribution is -2.58. The minimum absolute atomic E-state index is 0.0576. The van der Waals surface area contributed by atoms with Gasteiger partial charge in [-0.15, -0.1) is 0 Å². The predicted molar refractivity (Wildman–Crippen MR) is 124 cm³/mol. The van der Waals surface area contributed by atoms with Gasteiger partial charge in [0.25, 0.3) is 5.91 Å². The smallest absolute Gasteiger partial charge is 0.328 e. The fourth-order valence-corrected chi connectivity index (χ4v) is 5.56. The van der Waals surface area contributed by atoms with E-state index in [0.717, 1.165) is 51.3 Å².